The van der Waals surface area contributed by atoms with Crippen LogP contribution in [-0.4, -0.2) is 23.0 Å². The number of alkyl halides is 3. The van der Waals surface area contributed by atoms with Crippen LogP contribution in [0.15, 0.2) is 46.9 Å². The molecule has 26 heavy (non-hydrogen) atoms. The van der Waals surface area contributed by atoms with Gasteiger partial charge in [-0.15, -0.1) is 0 Å². The molecule has 0 spiro atoms. The Morgan fingerprint density at radius 2 is 1.77 bits per heavy atom. The van der Waals surface area contributed by atoms with E-state index in [-0.39, 0.29) is 12.0 Å². The van der Waals surface area contributed by atoms with Crippen molar-refractivity contribution >= 4 is 39.4 Å². The summed E-state index contributed by atoms with van der Waals surface area (Å²) in [6, 6.07) is 7.06. The topological polar surface area (TPSA) is 66.4 Å². The normalized spacial score (nSPS) is 12.5. The monoisotopic (exact) mass is 449 g/mol. The molecule has 2 rings (SSSR count). The summed E-state index contributed by atoms with van der Waals surface area (Å²) in [5, 5.41) is 12.0. The van der Waals surface area contributed by atoms with Gasteiger partial charge in [0.05, 0.1) is 5.56 Å². The fraction of sp³-hybridized carbons (Fsp3) is 0.176. The predicted molar refractivity (Wildman–Crippen MR) is 93.2 cm³/mol. The molecule has 0 aromatic heterocycles. The summed E-state index contributed by atoms with van der Waals surface area (Å²) in [6.07, 6.45) is -4.57. The smallest absolute Gasteiger partial charge is 0.416 e. The number of rotatable bonds is 5. The Hall–Kier alpha value is -2.06. The van der Waals surface area contributed by atoms with Crippen molar-refractivity contribution in [2.75, 3.05) is 0 Å². The van der Waals surface area contributed by atoms with Crippen LogP contribution in [0.1, 0.15) is 21.5 Å². The van der Waals surface area contributed by atoms with Crippen molar-refractivity contribution in [2.24, 2.45) is 0 Å². The van der Waals surface area contributed by atoms with Crippen molar-refractivity contribution in [2.45, 2.75) is 18.6 Å². The molecule has 0 fully saturated rings. The predicted octanol–water partition coefficient (Wildman–Crippen LogP) is 4.55. The molecule has 4 nitrogen and oxygen atoms in total. The van der Waals surface area contributed by atoms with Crippen LogP contribution in [-0.2, 0) is 17.4 Å². The number of hydrogen-bond donors (Lipinski definition) is 2. The minimum Gasteiger partial charge on any atom is -0.480 e. The quantitative estimate of drug-likeness (QED) is 0.702. The molecular weight excluding hydrogens is 439 g/mol. The van der Waals surface area contributed by atoms with Gasteiger partial charge in [0.15, 0.2) is 0 Å². The van der Waals surface area contributed by atoms with Crippen LogP contribution in [0.5, 0.6) is 0 Å². The van der Waals surface area contributed by atoms with Gasteiger partial charge in [-0.25, -0.2) is 4.79 Å². The minimum absolute atomic E-state index is 0.0527. The third-order valence-corrected chi connectivity index (χ3v) is 4.52. The highest BCUT2D eigenvalue weighted by atomic mass is 79.9. The van der Waals surface area contributed by atoms with Crippen molar-refractivity contribution in [3.8, 4) is 0 Å². The number of aliphatic carboxylic acids is 1. The van der Waals surface area contributed by atoms with Gasteiger partial charge in [-0.2, -0.15) is 13.2 Å². The molecule has 0 aliphatic heterocycles. The molecule has 0 aliphatic rings. The lowest BCUT2D eigenvalue weighted by atomic mass is 10.0. The van der Waals surface area contributed by atoms with E-state index in [0.29, 0.717) is 15.1 Å². The summed E-state index contributed by atoms with van der Waals surface area (Å²) in [4.78, 5) is 23.6. The first-order valence-electron chi connectivity index (χ1n) is 7.23. The first-order valence-corrected chi connectivity index (χ1v) is 8.40. The largest absolute Gasteiger partial charge is 0.480 e. The molecule has 138 valence electrons. The molecular formula is C17H12BrClF3NO3. The lowest BCUT2D eigenvalue weighted by Crippen LogP contribution is -2.42. The maximum absolute atomic E-state index is 12.6. The fourth-order valence-electron chi connectivity index (χ4n) is 2.17. The summed E-state index contributed by atoms with van der Waals surface area (Å²) in [6.45, 7) is 0. The molecule has 9 heteroatoms. The second-order valence-corrected chi connectivity index (χ2v) is 6.67. The zero-order chi connectivity index (χ0) is 19.5. The molecule has 0 saturated carbocycles. The molecule has 2 aromatic carbocycles. The van der Waals surface area contributed by atoms with Crippen molar-refractivity contribution in [3.63, 3.8) is 0 Å². The lowest BCUT2D eigenvalue weighted by molar-refractivity contribution is -0.139. The minimum atomic E-state index is -4.52. The van der Waals surface area contributed by atoms with Gasteiger partial charge in [-0.3, -0.25) is 4.79 Å². The highest BCUT2D eigenvalue weighted by Crippen LogP contribution is 2.29. The van der Waals surface area contributed by atoms with Crippen molar-refractivity contribution < 1.29 is 27.9 Å². The Labute approximate surface area is 160 Å². The van der Waals surface area contributed by atoms with Gasteiger partial charge in [-0.05, 0) is 48.0 Å². The van der Waals surface area contributed by atoms with Gasteiger partial charge in [-0.1, -0.05) is 27.5 Å². The molecule has 1 amide bonds. The summed E-state index contributed by atoms with van der Waals surface area (Å²) in [5.74, 6) is -2.07. The zero-order valence-electron chi connectivity index (χ0n) is 13.0. The van der Waals surface area contributed by atoms with E-state index in [0.717, 1.165) is 24.3 Å². The van der Waals surface area contributed by atoms with Gasteiger partial charge in [0, 0.05) is 21.5 Å². The van der Waals surface area contributed by atoms with Gasteiger partial charge in [0.2, 0.25) is 0 Å². The first-order chi connectivity index (χ1) is 12.1. The van der Waals surface area contributed by atoms with E-state index >= 15 is 0 Å². The lowest BCUT2D eigenvalue weighted by Gasteiger charge is -2.16. The Bertz CT molecular complexity index is 825. The van der Waals surface area contributed by atoms with E-state index in [1.807, 2.05) is 0 Å². The standard InChI is InChI=1S/C17H12BrClF3NO3/c18-13-6-5-12(19)7-10(13)8-14(16(25)26)23-15(24)9-1-3-11(4-2-9)17(20,21)22/h1-7,14H,8H2,(H,23,24)(H,25,26)/t14-/m1/s1. The number of carboxylic acids is 1. The van der Waals surface area contributed by atoms with Gasteiger partial charge in [0.25, 0.3) is 5.91 Å². The third kappa shape index (κ3) is 5.22. The molecule has 2 N–H and O–H groups in total. The fourth-order valence-corrected chi connectivity index (χ4v) is 2.78. The van der Waals surface area contributed by atoms with Crippen LogP contribution in [0.25, 0.3) is 0 Å². The second-order valence-electron chi connectivity index (χ2n) is 5.38. The molecule has 0 saturated heterocycles. The Morgan fingerprint density at radius 3 is 2.31 bits per heavy atom. The SMILES string of the molecule is O=C(N[C@H](Cc1cc(Cl)ccc1Br)C(=O)O)c1ccc(C(F)(F)F)cc1. The molecule has 0 unspecified atom stereocenters. The van der Waals surface area contributed by atoms with Crippen LogP contribution in [0.3, 0.4) is 0 Å². The number of halogens is 5. The molecule has 2 aromatic rings. The second kappa shape index (κ2) is 8.09. The Kier molecular flexibility index (Phi) is 6.30. The highest BCUT2D eigenvalue weighted by molar-refractivity contribution is 9.10. The number of benzene rings is 2. The maximum Gasteiger partial charge on any atom is 0.416 e. The van der Waals surface area contributed by atoms with E-state index in [9.17, 15) is 27.9 Å². The third-order valence-electron chi connectivity index (χ3n) is 3.51. The summed E-state index contributed by atoms with van der Waals surface area (Å²) < 4.78 is 38.3. The molecule has 0 heterocycles. The number of amides is 1. The Balaban J connectivity index is 2.15. The van der Waals surface area contributed by atoms with Gasteiger partial charge in [0.1, 0.15) is 6.04 Å². The van der Waals surface area contributed by atoms with Crippen molar-refractivity contribution in [3.05, 3.63) is 68.7 Å². The van der Waals surface area contributed by atoms with E-state index in [1.54, 1.807) is 18.2 Å². The van der Waals surface area contributed by atoms with Gasteiger partial charge < -0.3 is 10.4 Å². The highest BCUT2D eigenvalue weighted by Gasteiger charge is 2.30. The molecule has 0 aliphatic carbocycles. The van der Waals surface area contributed by atoms with E-state index in [1.165, 1.54) is 0 Å². The Morgan fingerprint density at radius 1 is 1.15 bits per heavy atom. The molecule has 0 bridgehead atoms. The molecule has 0 radical (unpaired) electrons. The summed E-state index contributed by atoms with van der Waals surface area (Å²) in [7, 11) is 0. The van der Waals surface area contributed by atoms with E-state index in [4.69, 9.17) is 11.6 Å². The van der Waals surface area contributed by atoms with E-state index in [2.05, 4.69) is 21.2 Å². The summed E-state index contributed by atoms with van der Waals surface area (Å²) >= 11 is 9.16. The first kappa shape index (κ1) is 20.3. The number of carbonyl (C=O) groups is 2. The number of carbonyl (C=O) groups excluding carboxylic acids is 1. The van der Waals surface area contributed by atoms with E-state index < -0.39 is 29.7 Å². The van der Waals surface area contributed by atoms with Crippen molar-refractivity contribution in [1.82, 2.24) is 5.32 Å². The van der Waals surface area contributed by atoms with Gasteiger partial charge >= 0.3 is 12.1 Å². The summed E-state index contributed by atoms with van der Waals surface area (Å²) in [5.41, 5.74) is -0.404. The maximum atomic E-state index is 12.6. The number of hydrogen-bond acceptors (Lipinski definition) is 2. The van der Waals surface area contributed by atoms with Crippen LogP contribution >= 0.6 is 27.5 Å². The number of carboxylic acid groups (broad SMARTS) is 1. The van der Waals surface area contributed by atoms with Crippen LogP contribution in [0.2, 0.25) is 5.02 Å². The van der Waals surface area contributed by atoms with Crippen LogP contribution < -0.4 is 5.32 Å². The number of nitrogens with one attached hydrogen (secondary N) is 1. The zero-order valence-corrected chi connectivity index (χ0v) is 15.3. The molecule has 1 atom stereocenters. The van der Waals surface area contributed by atoms with Crippen LogP contribution in [0.4, 0.5) is 13.2 Å². The average molecular weight is 451 g/mol. The average Bonchev–Trinajstić information content (AvgIpc) is 2.56. The van der Waals surface area contributed by atoms with Crippen molar-refractivity contribution in [1.29, 1.82) is 0 Å². The van der Waals surface area contributed by atoms with Crippen LogP contribution in [0, 0.1) is 0 Å².